The van der Waals surface area contributed by atoms with Gasteiger partial charge in [-0.1, -0.05) is 13.0 Å². The highest BCUT2D eigenvalue weighted by molar-refractivity contribution is 5.88. The molecule has 2 N–H and O–H groups in total. The van der Waals surface area contributed by atoms with Crippen molar-refractivity contribution in [3.8, 4) is 0 Å². The third kappa shape index (κ3) is 7.10. The van der Waals surface area contributed by atoms with Gasteiger partial charge >= 0.3 is 17.9 Å². The molecule has 0 radical (unpaired) electrons. The van der Waals surface area contributed by atoms with Crippen LogP contribution in [0, 0.1) is 5.92 Å². The molecule has 0 heterocycles. The highest BCUT2D eigenvalue weighted by Gasteiger charge is 2.11. The summed E-state index contributed by atoms with van der Waals surface area (Å²) in [5, 5.41) is 17.0. The fourth-order valence-corrected chi connectivity index (χ4v) is 0.883. The van der Waals surface area contributed by atoms with Crippen LogP contribution in [0.25, 0.3) is 0 Å². The van der Waals surface area contributed by atoms with Crippen LogP contribution in [-0.4, -0.2) is 34.7 Å². The van der Waals surface area contributed by atoms with E-state index >= 15 is 0 Å². The lowest BCUT2D eigenvalue weighted by Crippen LogP contribution is -2.12. The van der Waals surface area contributed by atoms with Crippen LogP contribution in [0.15, 0.2) is 11.6 Å². The maximum Gasteiger partial charge on any atom is 0.333 e. The molecule has 0 aromatic carbocycles. The first-order valence-corrected chi connectivity index (χ1v) is 5.13. The average Bonchev–Trinajstić information content (AvgIpc) is 2.24. The Hall–Kier alpha value is -1.85. The first-order valence-electron chi connectivity index (χ1n) is 5.13. The van der Waals surface area contributed by atoms with Gasteiger partial charge in [0.15, 0.2) is 0 Å². The molecule has 17 heavy (non-hydrogen) atoms. The molecule has 6 heteroatoms. The van der Waals surface area contributed by atoms with Crippen molar-refractivity contribution in [1.29, 1.82) is 0 Å². The molecule has 0 saturated carbocycles. The number of carboxylic acids is 2. The molecular formula is C11H16O6. The summed E-state index contributed by atoms with van der Waals surface area (Å²) in [5.74, 6) is -3.17. The Morgan fingerprint density at radius 2 is 1.88 bits per heavy atom. The van der Waals surface area contributed by atoms with Gasteiger partial charge in [0.05, 0.1) is 12.3 Å². The lowest BCUT2D eigenvalue weighted by Gasteiger charge is -2.05. The third-order valence-corrected chi connectivity index (χ3v) is 2.07. The van der Waals surface area contributed by atoms with Crippen LogP contribution in [0.1, 0.15) is 26.7 Å². The van der Waals surface area contributed by atoms with E-state index in [4.69, 9.17) is 10.2 Å². The summed E-state index contributed by atoms with van der Waals surface area (Å²) in [6.07, 6.45) is 1.46. The van der Waals surface area contributed by atoms with Crippen LogP contribution in [0.2, 0.25) is 0 Å². The van der Waals surface area contributed by atoms with Crippen molar-refractivity contribution < 1.29 is 29.3 Å². The minimum atomic E-state index is -1.04. The van der Waals surface area contributed by atoms with Crippen LogP contribution in [0.5, 0.6) is 0 Å². The van der Waals surface area contributed by atoms with Gasteiger partial charge in [0.25, 0.3) is 0 Å². The molecule has 0 spiro atoms. The highest BCUT2D eigenvalue weighted by Crippen LogP contribution is 2.07. The van der Waals surface area contributed by atoms with Crippen molar-refractivity contribution in [1.82, 2.24) is 0 Å². The molecule has 1 unspecified atom stereocenters. The van der Waals surface area contributed by atoms with Gasteiger partial charge in [0.1, 0.15) is 6.61 Å². The zero-order chi connectivity index (χ0) is 13.4. The number of allylic oxidation sites excluding steroid dienone is 1. The van der Waals surface area contributed by atoms with Crippen LogP contribution in [-0.2, 0) is 19.1 Å². The Kier molecular flexibility index (Phi) is 6.62. The topological polar surface area (TPSA) is 101 Å². The van der Waals surface area contributed by atoms with E-state index in [0.29, 0.717) is 0 Å². The predicted molar refractivity (Wildman–Crippen MR) is 58.4 cm³/mol. The quantitative estimate of drug-likeness (QED) is 0.513. The number of carboxylic acid groups (broad SMARTS) is 2. The van der Waals surface area contributed by atoms with Crippen molar-refractivity contribution in [3.63, 3.8) is 0 Å². The number of hydrogen-bond donors (Lipinski definition) is 2. The normalized spacial score (nSPS) is 12.9. The minimum Gasteiger partial charge on any atom is -0.481 e. The number of carbonyl (C=O) groups excluding carboxylic acids is 1. The highest BCUT2D eigenvalue weighted by atomic mass is 16.5. The van der Waals surface area contributed by atoms with Crippen molar-refractivity contribution >= 4 is 17.9 Å². The first-order chi connectivity index (χ1) is 7.84. The molecule has 0 saturated heterocycles. The van der Waals surface area contributed by atoms with E-state index in [2.05, 4.69) is 4.74 Å². The molecule has 6 nitrogen and oxygen atoms in total. The molecule has 0 aromatic heterocycles. The van der Waals surface area contributed by atoms with Gasteiger partial charge in [-0.2, -0.15) is 0 Å². The molecule has 1 atom stereocenters. The Bertz CT molecular complexity index is 331. The SMILES string of the molecule is CC(=CCC(C)C(=O)O)C(=O)OCCC(=O)O. The van der Waals surface area contributed by atoms with Gasteiger partial charge in [-0.15, -0.1) is 0 Å². The first kappa shape index (κ1) is 15.2. The molecule has 0 fully saturated rings. The van der Waals surface area contributed by atoms with Crippen LogP contribution in [0.4, 0.5) is 0 Å². The second-order valence-corrected chi connectivity index (χ2v) is 3.64. The Morgan fingerprint density at radius 3 is 2.35 bits per heavy atom. The van der Waals surface area contributed by atoms with Crippen LogP contribution < -0.4 is 0 Å². The van der Waals surface area contributed by atoms with E-state index in [-0.39, 0.29) is 25.0 Å². The Morgan fingerprint density at radius 1 is 1.29 bits per heavy atom. The summed E-state index contributed by atoms with van der Waals surface area (Å²) < 4.78 is 4.67. The lowest BCUT2D eigenvalue weighted by molar-refractivity contribution is -0.144. The number of ether oxygens (including phenoxy) is 1. The van der Waals surface area contributed by atoms with Gasteiger partial charge < -0.3 is 14.9 Å². The van der Waals surface area contributed by atoms with E-state index in [9.17, 15) is 14.4 Å². The Labute approximate surface area is 98.9 Å². The predicted octanol–water partition coefficient (Wildman–Crippen LogP) is 1.06. The second kappa shape index (κ2) is 7.43. The minimum absolute atomic E-state index is 0.187. The summed E-state index contributed by atoms with van der Waals surface area (Å²) in [5.41, 5.74) is 0.281. The van der Waals surface area contributed by atoms with Crippen molar-refractivity contribution in [2.24, 2.45) is 5.92 Å². The Balaban J connectivity index is 4.07. The van der Waals surface area contributed by atoms with Gasteiger partial charge in [-0.05, 0) is 13.3 Å². The van der Waals surface area contributed by atoms with E-state index in [1.807, 2.05) is 0 Å². The van der Waals surface area contributed by atoms with Crippen molar-refractivity contribution in [2.75, 3.05) is 6.61 Å². The standard InChI is InChI=1S/C11H16O6/c1-7(10(14)15)3-4-8(2)11(16)17-6-5-9(12)13/h4,7H,3,5-6H2,1-2H3,(H,12,13)(H,14,15). The summed E-state index contributed by atoms with van der Waals surface area (Å²) in [6, 6.07) is 0. The van der Waals surface area contributed by atoms with Crippen molar-refractivity contribution in [3.05, 3.63) is 11.6 Å². The number of hydrogen-bond acceptors (Lipinski definition) is 4. The maximum absolute atomic E-state index is 11.3. The second-order valence-electron chi connectivity index (χ2n) is 3.64. The molecule has 0 aliphatic rings. The van der Waals surface area contributed by atoms with E-state index < -0.39 is 23.8 Å². The largest absolute Gasteiger partial charge is 0.481 e. The molecule has 0 rings (SSSR count). The summed E-state index contributed by atoms with van der Waals surface area (Å²) >= 11 is 0. The lowest BCUT2D eigenvalue weighted by atomic mass is 10.1. The van der Waals surface area contributed by atoms with E-state index in [0.717, 1.165) is 0 Å². The molecule has 96 valence electrons. The fraction of sp³-hybridized carbons (Fsp3) is 0.545. The van der Waals surface area contributed by atoms with E-state index in [1.165, 1.54) is 19.9 Å². The average molecular weight is 244 g/mol. The van der Waals surface area contributed by atoms with Crippen molar-refractivity contribution in [2.45, 2.75) is 26.7 Å². The van der Waals surface area contributed by atoms with Gasteiger partial charge in [-0.3, -0.25) is 9.59 Å². The van der Waals surface area contributed by atoms with Gasteiger partial charge in [0.2, 0.25) is 0 Å². The fourth-order valence-electron chi connectivity index (χ4n) is 0.883. The number of carbonyl (C=O) groups is 3. The molecule has 0 aromatic rings. The van der Waals surface area contributed by atoms with Gasteiger partial charge in [-0.25, -0.2) is 4.79 Å². The smallest absolute Gasteiger partial charge is 0.333 e. The summed E-state index contributed by atoms with van der Waals surface area (Å²) in [7, 11) is 0. The van der Waals surface area contributed by atoms with Gasteiger partial charge in [0, 0.05) is 5.57 Å². The molecule has 0 aliphatic carbocycles. The number of esters is 1. The monoisotopic (exact) mass is 244 g/mol. The zero-order valence-corrected chi connectivity index (χ0v) is 9.80. The number of rotatable bonds is 7. The number of aliphatic carboxylic acids is 2. The molecule has 0 bridgehead atoms. The van der Waals surface area contributed by atoms with E-state index in [1.54, 1.807) is 0 Å². The third-order valence-electron chi connectivity index (χ3n) is 2.07. The van der Waals surface area contributed by atoms with Crippen LogP contribution >= 0.6 is 0 Å². The zero-order valence-electron chi connectivity index (χ0n) is 9.80. The van der Waals surface area contributed by atoms with Crippen LogP contribution in [0.3, 0.4) is 0 Å². The summed E-state index contributed by atoms with van der Waals surface area (Å²) in [4.78, 5) is 32.0. The molecule has 0 aliphatic heterocycles. The molecule has 0 amide bonds. The maximum atomic E-state index is 11.3. The summed E-state index contributed by atoms with van der Waals surface area (Å²) in [6.45, 7) is 2.84. The molecular weight excluding hydrogens is 228 g/mol.